The molecule has 120 valence electrons. The summed E-state index contributed by atoms with van der Waals surface area (Å²) in [4.78, 5) is 49.1. The van der Waals surface area contributed by atoms with Crippen molar-refractivity contribution in [2.24, 2.45) is 13.0 Å². The first-order chi connectivity index (χ1) is 10.4. The van der Waals surface area contributed by atoms with Crippen LogP contribution >= 0.6 is 0 Å². The number of carbonyl (C=O) groups excluding carboxylic acids is 1. The Bertz CT molecular complexity index is 690. The van der Waals surface area contributed by atoms with Crippen molar-refractivity contribution in [1.82, 2.24) is 14.9 Å². The molecule has 1 saturated carbocycles. The molecular formula is C14H19N3O5. The Balaban J connectivity index is 2.23. The summed E-state index contributed by atoms with van der Waals surface area (Å²) in [5.41, 5.74) is -1.52. The number of hydrogen-bond donors (Lipinski definition) is 3. The second kappa shape index (κ2) is 6.59. The smallest absolute Gasteiger partial charge is 0.328 e. The van der Waals surface area contributed by atoms with Gasteiger partial charge in [-0.1, -0.05) is 19.3 Å². The lowest BCUT2D eigenvalue weighted by molar-refractivity contribution is -0.142. The van der Waals surface area contributed by atoms with Gasteiger partial charge in [0.2, 0.25) is 0 Å². The molecule has 0 spiro atoms. The van der Waals surface area contributed by atoms with Gasteiger partial charge in [-0.15, -0.1) is 0 Å². The highest BCUT2D eigenvalue weighted by Gasteiger charge is 2.31. The number of H-pyrrole nitrogens is 1. The Morgan fingerprint density at radius 1 is 1.27 bits per heavy atom. The highest BCUT2D eigenvalue weighted by Crippen LogP contribution is 2.24. The van der Waals surface area contributed by atoms with E-state index in [1.165, 1.54) is 7.05 Å². The number of hydrogen-bond acceptors (Lipinski definition) is 4. The Kier molecular flexibility index (Phi) is 4.79. The average molecular weight is 309 g/mol. The summed E-state index contributed by atoms with van der Waals surface area (Å²) < 4.78 is 0.802. The van der Waals surface area contributed by atoms with Gasteiger partial charge in [-0.05, 0) is 12.8 Å². The molecular weight excluding hydrogens is 290 g/mol. The second-order valence-electron chi connectivity index (χ2n) is 5.53. The number of aromatic amines is 1. The topological polar surface area (TPSA) is 121 Å². The monoisotopic (exact) mass is 309 g/mol. The normalized spacial score (nSPS) is 21.9. The van der Waals surface area contributed by atoms with Crippen LogP contribution in [0.5, 0.6) is 0 Å². The lowest BCUT2D eigenvalue weighted by Gasteiger charge is -2.22. The van der Waals surface area contributed by atoms with Crippen LogP contribution in [0.3, 0.4) is 0 Å². The molecule has 1 aliphatic rings. The van der Waals surface area contributed by atoms with Gasteiger partial charge in [0, 0.05) is 19.3 Å². The van der Waals surface area contributed by atoms with Crippen LogP contribution in [-0.4, -0.2) is 32.6 Å². The number of rotatable bonds is 3. The molecule has 1 heterocycles. The number of nitrogens with zero attached hydrogens (tertiary/aromatic N) is 1. The van der Waals surface area contributed by atoms with Crippen molar-refractivity contribution in [3.8, 4) is 0 Å². The molecule has 0 aromatic carbocycles. The predicted octanol–water partition coefficient (Wildman–Crippen LogP) is -0.163. The van der Waals surface area contributed by atoms with Gasteiger partial charge in [-0.25, -0.2) is 4.79 Å². The number of carboxylic acids is 1. The maximum atomic E-state index is 12.2. The summed E-state index contributed by atoms with van der Waals surface area (Å²) in [7, 11) is 1.27. The van der Waals surface area contributed by atoms with Crippen LogP contribution in [0.4, 0.5) is 0 Å². The molecule has 1 aromatic rings. The largest absolute Gasteiger partial charge is 0.481 e. The first-order valence-electron chi connectivity index (χ1n) is 7.24. The molecule has 1 amide bonds. The lowest BCUT2D eigenvalue weighted by Crippen LogP contribution is -2.46. The van der Waals surface area contributed by atoms with Crippen molar-refractivity contribution in [2.75, 3.05) is 0 Å². The highest BCUT2D eigenvalue weighted by molar-refractivity contribution is 5.94. The molecule has 8 nitrogen and oxygen atoms in total. The molecule has 0 saturated heterocycles. The highest BCUT2D eigenvalue weighted by atomic mass is 16.4. The van der Waals surface area contributed by atoms with E-state index in [9.17, 15) is 24.3 Å². The third-order valence-electron chi connectivity index (χ3n) is 4.07. The van der Waals surface area contributed by atoms with E-state index in [1.54, 1.807) is 0 Å². The van der Waals surface area contributed by atoms with Crippen molar-refractivity contribution >= 4 is 11.9 Å². The quantitative estimate of drug-likeness (QED) is 0.670. The number of carbonyl (C=O) groups is 2. The van der Waals surface area contributed by atoms with Gasteiger partial charge in [-0.3, -0.25) is 19.0 Å². The molecule has 0 aliphatic heterocycles. The summed E-state index contributed by atoms with van der Waals surface area (Å²) in [6.45, 7) is 0. The Labute approximate surface area is 126 Å². The average Bonchev–Trinajstić information content (AvgIpc) is 2.70. The van der Waals surface area contributed by atoms with E-state index in [-0.39, 0.29) is 5.56 Å². The number of carboxylic acid groups (broad SMARTS) is 1. The molecule has 22 heavy (non-hydrogen) atoms. The van der Waals surface area contributed by atoms with Crippen LogP contribution in [0.25, 0.3) is 0 Å². The van der Waals surface area contributed by atoms with Crippen LogP contribution < -0.4 is 16.6 Å². The van der Waals surface area contributed by atoms with Crippen molar-refractivity contribution in [3.63, 3.8) is 0 Å². The van der Waals surface area contributed by atoms with Gasteiger partial charge >= 0.3 is 11.7 Å². The van der Waals surface area contributed by atoms with E-state index in [0.29, 0.717) is 12.8 Å². The second-order valence-corrected chi connectivity index (χ2v) is 5.53. The third-order valence-corrected chi connectivity index (χ3v) is 4.07. The molecule has 3 N–H and O–H groups in total. The first-order valence-corrected chi connectivity index (χ1v) is 7.24. The van der Waals surface area contributed by atoms with E-state index in [2.05, 4.69) is 10.3 Å². The minimum atomic E-state index is -0.943. The molecule has 0 bridgehead atoms. The van der Waals surface area contributed by atoms with Crippen LogP contribution in [0.15, 0.2) is 15.8 Å². The Morgan fingerprint density at radius 2 is 1.95 bits per heavy atom. The van der Waals surface area contributed by atoms with Crippen LogP contribution in [0, 0.1) is 5.92 Å². The number of nitrogens with one attached hydrogen (secondary N) is 2. The van der Waals surface area contributed by atoms with Gasteiger partial charge < -0.3 is 15.4 Å². The van der Waals surface area contributed by atoms with Crippen LogP contribution in [-0.2, 0) is 11.8 Å². The standard InChI is InChI=1S/C14H19N3O5/c1-17-12(19)9(7-15-14(17)22)11(18)16-10-6-4-2-3-5-8(10)13(20)21/h7-8,10H,2-6H2,1H3,(H,15,22)(H,16,18)(H,20,21)/t8-,10+/m1/s1. The first kappa shape index (κ1) is 16.0. The molecule has 8 heteroatoms. The summed E-state index contributed by atoms with van der Waals surface area (Å²) >= 11 is 0. The van der Waals surface area contributed by atoms with E-state index >= 15 is 0 Å². The van der Waals surface area contributed by atoms with E-state index < -0.39 is 35.1 Å². The summed E-state index contributed by atoms with van der Waals surface area (Å²) in [5, 5.41) is 11.9. The van der Waals surface area contributed by atoms with Crippen LogP contribution in [0.1, 0.15) is 42.5 Å². The summed E-state index contributed by atoms with van der Waals surface area (Å²) in [5.74, 6) is -2.25. The molecule has 2 rings (SSSR count). The minimum Gasteiger partial charge on any atom is -0.481 e. The molecule has 1 aliphatic carbocycles. The van der Waals surface area contributed by atoms with Crippen LogP contribution in [0.2, 0.25) is 0 Å². The fourth-order valence-electron chi connectivity index (χ4n) is 2.75. The fourth-order valence-corrected chi connectivity index (χ4v) is 2.75. The summed E-state index contributed by atoms with van der Waals surface area (Å²) in [6.07, 6.45) is 4.70. The van der Waals surface area contributed by atoms with Gasteiger partial charge in [0.1, 0.15) is 5.56 Å². The van der Waals surface area contributed by atoms with Crippen molar-refractivity contribution in [3.05, 3.63) is 32.6 Å². The van der Waals surface area contributed by atoms with E-state index in [1.807, 2.05) is 0 Å². The van der Waals surface area contributed by atoms with Gasteiger partial charge in [-0.2, -0.15) is 0 Å². The zero-order valence-electron chi connectivity index (χ0n) is 12.3. The minimum absolute atomic E-state index is 0.199. The number of aromatic nitrogens is 2. The maximum absolute atomic E-state index is 12.2. The molecule has 1 aromatic heterocycles. The SMILES string of the molecule is Cn1c(=O)[nH]cc(C(=O)N[C@H]2CCCCC[C@H]2C(=O)O)c1=O. The zero-order valence-corrected chi connectivity index (χ0v) is 12.3. The molecule has 0 unspecified atom stereocenters. The predicted molar refractivity (Wildman–Crippen MR) is 77.8 cm³/mol. The Morgan fingerprint density at radius 3 is 2.64 bits per heavy atom. The van der Waals surface area contributed by atoms with Crippen molar-refractivity contribution < 1.29 is 14.7 Å². The lowest BCUT2D eigenvalue weighted by atomic mass is 9.94. The van der Waals surface area contributed by atoms with E-state index in [4.69, 9.17) is 0 Å². The van der Waals surface area contributed by atoms with Gasteiger partial charge in [0.15, 0.2) is 0 Å². The summed E-state index contributed by atoms with van der Waals surface area (Å²) in [6, 6.07) is -0.510. The zero-order chi connectivity index (χ0) is 16.3. The van der Waals surface area contributed by atoms with E-state index in [0.717, 1.165) is 30.0 Å². The molecule has 2 atom stereocenters. The maximum Gasteiger partial charge on any atom is 0.328 e. The van der Waals surface area contributed by atoms with Crippen molar-refractivity contribution in [2.45, 2.75) is 38.1 Å². The molecule has 0 radical (unpaired) electrons. The Hall–Kier alpha value is -2.38. The van der Waals surface area contributed by atoms with Gasteiger partial charge in [0.25, 0.3) is 11.5 Å². The van der Waals surface area contributed by atoms with Crippen molar-refractivity contribution in [1.29, 1.82) is 0 Å². The molecule has 1 fully saturated rings. The number of amides is 1. The van der Waals surface area contributed by atoms with Gasteiger partial charge in [0.05, 0.1) is 5.92 Å². The number of aliphatic carboxylic acids is 1. The fraction of sp³-hybridized carbons (Fsp3) is 0.571. The third kappa shape index (κ3) is 3.26.